The van der Waals surface area contributed by atoms with Crippen molar-refractivity contribution in [2.45, 2.75) is 19.4 Å². The highest BCUT2D eigenvalue weighted by Gasteiger charge is 2.07. The molecule has 2 rings (SSSR count). The van der Waals surface area contributed by atoms with E-state index in [2.05, 4.69) is 11.4 Å². The van der Waals surface area contributed by atoms with Gasteiger partial charge in [-0.1, -0.05) is 47.5 Å². The predicted molar refractivity (Wildman–Crippen MR) is 87.8 cm³/mol. The molecule has 0 unspecified atom stereocenters. The molecule has 112 valence electrons. The molecule has 22 heavy (non-hydrogen) atoms. The van der Waals surface area contributed by atoms with Crippen molar-refractivity contribution in [2.75, 3.05) is 0 Å². The van der Waals surface area contributed by atoms with Crippen LogP contribution < -0.4 is 5.32 Å². The summed E-state index contributed by atoms with van der Waals surface area (Å²) in [6, 6.07) is 14.6. The van der Waals surface area contributed by atoms with Gasteiger partial charge in [0.05, 0.1) is 21.7 Å². The lowest BCUT2D eigenvalue weighted by Crippen LogP contribution is -2.23. The summed E-state index contributed by atoms with van der Waals surface area (Å²) in [6.45, 7) is 0.438. The molecule has 0 radical (unpaired) electrons. The van der Waals surface area contributed by atoms with Crippen LogP contribution in [0.25, 0.3) is 0 Å². The number of rotatable bonds is 5. The van der Waals surface area contributed by atoms with Gasteiger partial charge in [0.25, 0.3) is 0 Å². The highest BCUT2D eigenvalue weighted by molar-refractivity contribution is 6.42. The van der Waals surface area contributed by atoms with Gasteiger partial charge in [-0.25, -0.2) is 0 Å². The summed E-state index contributed by atoms with van der Waals surface area (Å²) in [6.07, 6.45) is 0.884. The van der Waals surface area contributed by atoms with Gasteiger partial charge in [0.15, 0.2) is 0 Å². The molecule has 3 nitrogen and oxygen atoms in total. The van der Waals surface area contributed by atoms with E-state index in [-0.39, 0.29) is 5.91 Å². The Morgan fingerprint density at radius 3 is 2.55 bits per heavy atom. The Labute approximate surface area is 139 Å². The summed E-state index contributed by atoms with van der Waals surface area (Å²) in [5, 5.41) is 12.6. The number of nitriles is 1. The van der Waals surface area contributed by atoms with Gasteiger partial charge in [0.2, 0.25) is 5.91 Å². The summed E-state index contributed by atoms with van der Waals surface area (Å²) in [4.78, 5) is 11.9. The van der Waals surface area contributed by atoms with Crippen molar-refractivity contribution >= 4 is 29.1 Å². The first-order chi connectivity index (χ1) is 10.6. The molecule has 2 aromatic carbocycles. The average Bonchev–Trinajstić information content (AvgIpc) is 2.54. The molecule has 0 aliphatic rings. The van der Waals surface area contributed by atoms with Crippen LogP contribution in [0.5, 0.6) is 0 Å². The Bertz CT molecular complexity index is 706. The fourth-order valence-electron chi connectivity index (χ4n) is 1.98. The smallest absolute Gasteiger partial charge is 0.220 e. The average molecular weight is 333 g/mol. The van der Waals surface area contributed by atoms with Crippen LogP contribution in [0.15, 0.2) is 42.5 Å². The second kappa shape index (κ2) is 7.84. The molecule has 0 atom stereocenters. The summed E-state index contributed by atoms with van der Waals surface area (Å²) in [5.74, 6) is -0.0552. The van der Waals surface area contributed by atoms with Gasteiger partial charge >= 0.3 is 0 Å². The van der Waals surface area contributed by atoms with Gasteiger partial charge in [0, 0.05) is 13.0 Å². The van der Waals surface area contributed by atoms with E-state index in [4.69, 9.17) is 28.5 Å². The van der Waals surface area contributed by atoms with Crippen molar-refractivity contribution in [3.63, 3.8) is 0 Å². The van der Waals surface area contributed by atoms with Crippen LogP contribution in [0.3, 0.4) is 0 Å². The molecule has 0 bridgehead atoms. The first-order valence-electron chi connectivity index (χ1n) is 6.79. The van der Waals surface area contributed by atoms with Gasteiger partial charge in [-0.05, 0) is 35.7 Å². The van der Waals surface area contributed by atoms with Crippen LogP contribution >= 0.6 is 23.2 Å². The predicted octanol–water partition coefficient (Wildman–Crippen LogP) is 4.11. The number of nitrogens with one attached hydrogen (secondary N) is 1. The minimum atomic E-state index is -0.0552. The van der Waals surface area contributed by atoms with Crippen molar-refractivity contribution in [1.29, 1.82) is 5.26 Å². The molecule has 0 spiro atoms. The SMILES string of the molecule is N#Cc1ccc(CNC(=O)CCc2cccc(Cl)c2Cl)cc1. The largest absolute Gasteiger partial charge is 0.352 e. The zero-order valence-corrected chi connectivity index (χ0v) is 13.3. The number of aryl methyl sites for hydroxylation is 1. The van der Waals surface area contributed by atoms with Crippen molar-refractivity contribution in [2.24, 2.45) is 0 Å². The summed E-state index contributed by atoms with van der Waals surface area (Å²) in [5.41, 5.74) is 2.42. The molecule has 0 aliphatic heterocycles. The standard InChI is InChI=1S/C17H14Cl2N2O/c18-15-3-1-2-14(17(15)19)8-9-16(22)21-11-13-6-4-12(10-20)5-7-13/h1-7H,8-9,11H2,(H,21,22). The molecule has 0 heterocycles. The normalized spacial score (nSPS) is 10.0. The number of halogens is 2. The van der Waals surface area contributed by atoms with Crippen LogP contribution in [0, 0.1) is 11.3 Å². The molecule has 0 aliphatic carbocycles. The summed E-state index contributed by atoms with van der Waals surface area (Å²) in [7, 11) is 0. The molecule has 5 heteroatoms. The minimum absolute atomic E-state index is 0.0552. The van der Waals surface area contributed by atoms with E-state index >= 15 is 0 Å². The lowest BCUT2D eigenvalue weighted by molar-refractivity contribution is -0.121. The highest BCUT2D eigenvalue weighted by Crippen LogP contribution is 2.26. The highest BCUT2D eigenvalue weighted by atomic mass is 35.5. The quantitative estimate of drug-likeness (QED) is 0.895. The van der Waals surface area contributed by atoms with Crippen molar-refractivity contribution in [1.82, 2.24) is 5.32 Å². The molecular formula is C17H14Cl2N2O. The van der Waals surface area contributed by atoms with Crippen LogP contribution in [0.4, 0.5) is 0 Å². The van der Waals surface area contributed by atoms with Crippen LogP contribution in [-0.2, 0) is 17.8 Å². The Balaban J connectivity index is 1.83. The number of hydrogen-bond donors (Lipinski definition) is 1. The number of carbonyl (C=O) groups is 1. The van der Waals surface area contributed by atoms with Gasteiger partial charge < -0.3 is 5.32 Å². The zero-order chi connectivity index (χ0) is 15.9. The Morgan fingerprint density at radius 1 is 1.14 bits per heavy atom. The fraction of sp³-hybridized carbons (Fsp3) is 0.176. The Morgan fingerprint density at radius 2 is 1.86 bits per heavy atom. The Kier molecular flexibility index (Phi) is 5.83. The third-order valence-electron chi connectivity index (χ3n) is 3.23. The number of benzene rings is 2. The molecule has 2 aromatic rings. The topological polar surface area (TPSA) is 52.9 Å². The number of nitrogens with zero attached hydrogens (tertiary/aromatic N) is 1. The minimum Gasteiger partial charge on any atom is -0.352 e. The van der Waals surface area contributed by atoms with E-state index in [1.165, 1.54) is 0 Å². The van der Waals surface area contributed by atoms with Gasteiger partial charge in [-0.3, -0.25) is 4.79 Å². The third kappa shape index (κ3) is 4.49. The molecule has 0 saturated carbocycles. The maximum Gasteiger partial charge on any atom is 0.220 e. The maximum atomic E-state index is 11.9. The second-order valence-corrected chi connectivity index (χ2v) is 5.58. The molecule has 1 N–H and O–H groups in total. The fourth-order valence-corrected chi connectivity index (χ4v) is 2.39. The second-order valence-electron chi connectivity index (χ2n) is 4.80. The molecule has 0 aromatic heterocycles. The van der Waals surface area contributed by atoms with Gasteiger partial charge in [0.1, 0.15) is 0 Å². The van der Waals surface area contributed by atoms with Crippen molar-refractivity contribution < 1.29 is 4.79 Å². The van der Waals surface area contributed by atoms with Crippen LogP contribution in [0.2, 0.25) is 10.0 Å². The van der Waals surface area contributed by atoms with E-state index < -0.39 is 0 Å². The Hall–Kier alpha value is -2.02. The first kappa shape index (κ1) is 16.4. The lowest BCUT2D eigenvalue weighted by Gasteiger charge is -2.07. The van der Waals surface area contributed by atoms with E-state index in [0.29, 0.717) is 35.0 Å². The van der Waals surface area contributed by atoms with Crippen molar-refractivity contribution in [3.8, 4) is 6.07 Å². The summed E-state index contributed by atoms with van der Waals surface area (Å²) < 4.78 is 0. The lowest BCUT2D eigenvalue weighted by atomic mass is 10.1. The first-order valence-corrected chi connectivity index (χ1v) is 7.54. The van der Waals surface area contributed by atoms with E-state index in [0.717, 1.165) is 11.1 Å². The third-order valence-corrected chi connectivity index (χ3v) is 4.08. The number of hydrogen-bond acceptors (Lipinski definition) is 2. The number of amides is 1. The molecule has 0 fully saturated rings. The maximum absolute atomic E-state index is 11.9. The molecular weight excluding hydrogens is 319 g/mol. The van der Waals surface area contributed by atoms with E-state index in [9.17, 15) is 4.79 Å². The van der Waals surface area contributed by atoms with E-state index in [1.54, 1.807) is 18.2 Å². The molecule has 1 amide bonds. The van der Waals surface area contributed by atoms with Crippen molar-refractivity contribution in [3.05, 3.63) is 69.2 Å². The number of carbonyl (C=O) groups excluding carboxylic acids is 1. The van der Waals surface area contributed by atoms with Gasteiger partial charge in [-0.2, -0.15) is 5.26 Å². The monoisotopic (exact) mass is 332 g/mol. The zero-order valence-electron chi connectivity index (χ0n) is 11.8. The molecule has 0 saturated heterocycles. The van der Waals surface area contributed by atoms with Crippen LogP contribution in [-0.4, -0.2) is 5.91 Å². The van der Waals surface area contributed by atoms with E-state index in [1.807, 2.05) is 24.3 Å². The van der Waals surface area contributed by atoms with Crippen LogP contribution in [0.1, 0.15) is 23.1 Å². The van der Waals surface area contributed by atoms with Gasteiger partial charge in [-0.15, -0.1) is 0 Å². The summed E-state index contributed by atoms with van der Waals surface area (Å²) >= 11 is 12.0.